The molecule has 0 amide bonds. The van der Waals surface area contributed by atoms with E-state index in [1.807, 2.05) is 57.0 Å². The molecule has 0 aromatic heterocycles. The largest absolute Gasteiger partial charge is 0.496 e. The molecule has 5 nitrogen and oxygen atoms in total. The van der Waals surface area contributed by atoms with Gasteiger partial charge in [-0.1, -0.05) is 13.8 Å². The van der Waals surface area contributed by atoms with Crippen LogP contribution >= 0.6 is 0 Å². The number of aryl methyl sites for hydroxylation is 1. The first-order valence-electron chi connectivity index (χ1n) is 7.80. The molecule has 0 radical (unpaired) electrons. The zero-order chi connectivity index (χ0) is 17.7. The Balaban J connectivity index is 3.24. The van der Waals surface area contributed by atoms with Gasteiger partial charge < -0.3 is 9.47 Å². The lowest BCUT2D eigenvalue weighted by Gasteiger charge is -2.34. The van der Waals surface area contributed by atoms with Crippen molar-refractivity contribution in [3.63, 3.8) is 0 Å². The number of benzene rings is 1. The van der Waals surface area contributed by atoms with Crippen molar-refractivity contribution in [2.75, 3.05) is 35.3 Å². The summed E-state index contributed by atoms with van der Waals surface area (Å²) in [6, 6.07) is 6.25. The fourth-order valence-corrected chi connectivity index (χ4v) is 2.74. The first-order valence-corrected chi connectivity index (χ1v) is 7.80. The fraction of sp³-hybridized carbons (Fsp3) is 0.611. The molecule has 1 aromatic rings. The summed E-state index contributed by atoms with van der Waals surface area (Å²) in [6.07, 6.45) is -0.729. The van der Waals surface area contributed by atoms with Crippen LogP contribution in [0.25, 0.3) is 0 Å². The first-order chi connectivity index (χ1) is 10.7. The summed E-state index contributed by atoms with van der Waals surface area (Å²) >= 11 is 0. The minimum atomic E-state index is -0.592. The van der Waals surface area contributed by atoms with Gasteiger partial charge in [0.15, 0.2) is 0 Å². The van der Waals surface area contributed by atoms with Crippen molar-refractivity contribution in [1.29, 1.82) is 5.26 Å². The number of hydrogen-bond donors (Lipinski definition) is 0. The van der Waals surface area contributed by atoms with Crippen molar-refractivity contribution in [3.8, 4) is 17.6 Å². The summed E-state index contributed by atoms with van der Waals surface area (Å²) in [5.74, 6) is 1.86. The molecule has 0 aliphatic rings. The van der Waals surface area contributed by atoms with Crippen LogP contribution in [0.2, 0.25) is 0 Å². The van der Waals surface area contributed by atoms with E-state index in [-0.39, 0.29) is 12.1 Å². The number of rotatable bonds is 7. The Bertz CT molecular complexity index is 554. The SMILES string of the molecule is COc1cc(C(C)C)c(OC(C#N)C(N(C)C)N(C)C)cc1C. The molecule has 0 spiro atoms. The van der Waals surface area contributed by atoms with Gasteiger partial charge in [-0.25, -0.2) is 0 Å². The minimum Gasteiger partial charge on any atom is -0.496 e. The van der Waals surface area contributed by atoms with Gasteiger partial charge in [0.2, 0.25) is 6.10 Å². The molecule has 1 atom stereocenters. The predicted octanol–water partition coefficient (Wildman–Crippen LogP) is 2.85. The van der Waals surface area contributed by atoms with Crippen molar-refractivity contribution >= 4 is 0 Å². The van der Waals surface area contributed by atoms with Crippen LogP contribution in [0.5, 0.6) is 11.5 Å². The Morgan fingerprint density at radius 2 is 1.61 bits per heavy atom. The lowest BCUT2D eigenvalue weighted by Crippen LogP contribution is -2.50. The van der Waals surface area contributed by atoms with Crippen LogP contribution in [-0.4, -0.2) is 57.4 Å². The monoisotopic (exact) mass is 319 g/mol. The predicted molar refractivity (Wildman–Crippen MR) is 93.0 cm³/mol. The van der Waals surface area contributed by atoms with Gasteiger partial charge in [0.05, 0.1) is 7.11 Å². The van der Waals surface area contributed by atoms with Gasteiger partial charge in [-0.15, -0.1) is 0 Å². The third-order valence-corrected chi connectivity index (χ3v) is 3.86. The van der Waals surface area contributed by atoms with E-state index in [9.17, 15) is 5.26 Å². The van der Waals surface area contributed by atoms with Gasteiger partial charge in [-0.2, -0.15) is 5.26 Å². The van der Waals surface area contributed by atoms with Crippen molar-refractivity contribution < 1.29 is 9.47 Å². The van der Waals surface area contributed by atoms with E-state index in [4.69, 9.17) is 9.47 Å². The zero-order valence-corrected chi connectivity index (χ0v) is 15.5. The fourth-order valence-electron chi connectivity index (χ4n) is 2.74. The van der Waals surface area contributed by atoms with E-state index in [1.54, 1.807) is 7.11 Å². The number of nitriles is 1. The molecule has 1 unspecified atom stereocenters. The molecule has 0 fully saturated rings. The number of nitrogens with zero attached hydrogens (tertiary/aromatic N) is 3. The molecule has 5 heteroatoms. The number of ether oxygens (including phenoxy) is 2. The Morgan fingerprint density at radius 1 is 1.04 bits per heavy atom. The summed E-state index contributed by atoms with van der Waals surface area (Å²) in [4.78, 5) is 3.97. The lowest BCUT2D eigenvalue weighted by atomic mass is 9.99. The second-order valence-electron chi connectivity index (χ2n) is 6.52. The maximum absolute atomic E-state index is 9.60. The van der Waals surface area contributed by atoms with E-state index in [2.05, 4.69) is 19.9 Å². The normalized spacial score (nSPS) is 12.8. The molecular formula is C18H29N3O2. The molecule has 0 heterocycles. The molecule has 0 aliphatic carbocycles. The molecule has 0 saturated carbocycles. The number of hydrogen-bond acceptors (Lipinski definition) is 5. The van der Waals surface area contributed by atoms with Gasteiger partial charge in [0.25, 0.3) is 0 Å². The van der Waals surface area contributed by atoms with Crippen LogP contribution in [0, 0.1) is 18.3 Å². The Morgan fingerprint density at radius 3 is 2.00 bits per heavy atom. The van der Waals surface area contributed by atoms with Crippen LogP contribution in [0.4, 0.5) is 0 Å². The average Bonchev–Trinajstić information content (AvgIpc) is 2.45. The van der Waals surface area contributed by atoms with Crippen LogP contribution in [0.15, 0.2) is 12.1 Å². The van der Waals surface area contributed by atoms with Crippen molar-refractivity contribution in [2.45, 2.75) is 39.0 Å². The highest BCUT2D eigenvalue weighted by molar-refractivity contribution is 5.47. The van der Waals surface area contributed by atoms with Gasteiger partial charge in [0.1, 0.15) is 23.7 Å². The van der Waals surface area contributed by atoms with E-state index in [0.29, 0.717) is 0 Å². The highest BCUT2D eigenvalue weighted by Crippen LogP contribution is 2.34. The van der Waals surface area contributed by atoms with Crippen molar-refractivity contribution in [1.82, 2.24) is 9.80 Å². The quantitative estimate of drug-likeness (QED) is 0.723. The zero-order valence-electron chi connectivity index (χ0n) is 15.5. The topological polar surface area (TPSA) is 48.7 Å². The van der Waals surface area contributed by atoms with E-state index in [1.165, 1.54) is 0 Å². The smallest absolute Gasteiger partial charge is 0.212 e. The maximum Gasteiger partial charge on any atom is 0.212 e. The molecule has 0 aliphatic heterocycles. The van der Waals surface area contributed by atoms with Gasteiger partial charge in [0, 0.05) is 5.56 Å². The van der Waals surface area contributed by atoms with Crippen LogP contribution < -0.4 is 9.47 Å². The third kappa shape index (κ3) is 4.60. The Kier molecular flexibility index (Phi) is 6.86. The Hall–Kier alpha value is -1.77. The van der Waals surface area contributed by atoms with E-state index < -0.39 is 6.10 Å². The summed E-state index contributed by atoms with van der Waals surface area (Å²) in [5, 5.41) is 9.60. The van der Waals surface area contributed by atoms with Gasteiger partial charge >= 0.3 is 0 Å². The minimum absolute atomic E-state index is 0.137. The van der Waals surface area contributed by atoms with Gasteiger partial charge in [-0.05, 0) is 58.7 Å². The number of likely N-dealkylation sites (N-methyl/N-ethyl adjacent to an activating group) is 2. The van der Waals surface area contributed by atoms with Crippen LogP contribution in [0.1, 0.15) is 30.9 Å². The van der Waals surface area contributed by atoms with E-state index >= 15 is 0 Å². The molecule has 0 N–H and O–H groups in total. The second kappa shape index (κ2) is 8.19. The average molecular weight is 319 g/mol. The van der Waals surface area contributed by atoms with Crippen LogP contribution in [0.3, 0.4) is 0 Å². The first kappa shape index (κ1) is 19.3. The van der Waals surface area contributed by atoms with Crippen LogP contribution in [-0.2, 0) is 0 Å². The Labute approximate surface area is 140 Å². The number of methoxy groups -OCH3 is 1. The second-order valence-corrected chi connectivity index (χ2v) is 6.52. The summed E-state index contributed by atoms with van der Waals surface area (Å²) in [7, 11) is 9.45. The van der Waals surface area contributed by atoms with Gasteiger partial charge in [-0.3, -0.25) is 9.80 Å². The molecule has 1 aromatic carbocycles. The summed E-state index contributed by atoms with van der Waals surface area (Å²) in [6.45, 7) is 6.19. The highest BCUT2D eigenvalue weighted by atomic mass is 16.5. The standard InChI is InChI=1S/C18H29N3O2/c1-12(2)14-10-15(22-8)13(3)9-16(14)23-17(11-19)18(20(4)5)21(6)7/h9-10,12,17-18H,1-8H3. The highest BCUT2D eigenvalue weighted by Gasteiger charge is 2.28. The molecule has 23 heavy (non-hydrogen) atoms. The van der Waals surface area contributed by atoms with E-state index in [0.717, 1.165) is 22.6 Å². The van der Waals surface area contributed by atoms with Crippen molar-refractivity contribution in [3.05, 3.63) is 23.3 Å². The molecule has 128 valence electrons. The lowest BCUT2D eigenvalue weighted by molar-refractivity contribution is 0.0402. The van der Waals surface area contributed by atoms with Crippen molar-refractivity contribution in [2.24, 2.45) is 0 Å². The molecule has 1 rings (SSSR count). The summed E-state index contributed by atoms with van der Waals surface area (Å²) in [5.41, 5.74) is 2.04. The molecule has 0 saturated heterocycles. The third-order valence-electron chi connectivity index (χ3n) is 3.86. The maximum atomic E-state index is 9.60. The summed E-state index contributed by atoms with van der Waals surface area (Å²) < 4.78 is 11.5. The molecular weight excluding hydrogens is 290 g/mol. The molecule has 0 bridgehead atoms.